The first-order valence-electron chi connectivity index (χ1n) is 6.41. The van der Waals surface area contributed by atoms with Gasteiger partial charge < -0.3 is 10.2 Å². The molecule has 1 aromatic carbocycles. The number of aliphatic carboxylic acids is 1. The van der Waals surface area contributed by atoms with E-state index in [-0.39, 0.29) is 24.6 Å². The van der Waals surface area contributed by atoms with Gasteiger partial charge in [0.2, 0.25) is 6.41 Å². The largest absolute Gasteiger partial charge is 0.506 e. The summed E-state index contributed by atoms with van der Waals surface area (Å²) in [6.07, 6.45) is 0.0989. The molecule has 0 fully saturated rings. The van der Waals surface area contributed by atoms with E-state index in [2.05, 4.69) is 5.10 Å². The molecule has 0 atom stereocenters. The van der Waals surface area contributed by atoms with Gasteiger partial charge in [0.05, 0.1) is 11.3 Å². The van der Waals surface area contributed by atoms with Gasteiger partial charge in [-0.15, -0.1) is 0 Å². The smallest absolute Gasteiger partial charge is 0.341 e. The van der Waals surface area contributed by atoms with E-state index in [1.54, 1.807) is 0 Å². The molecule has 0 unspecified atom stereocenters. The van der Waals surface area contributed by atoms with E-state index >= 15 is 0 Å². The molecule has 0 spiro atoms. The van der Waals surface area contributed by atoms with Crippen LogP contribution in [0.15, 0.2) is 16.7 Å². The molecule has 1 aromatic rings. The van der Waals surface area contributed by atoms with Crippen LogP contribution in [0.5, 0.6) is 0 Å². The SMILES string of the molecule is CCC(=NN(C)C=O)C(C(=O)O)=C(O)c1cc(F)c(F)c(F)c1F. The molecule has 130 valence electrons. The van der Waals surface area contributed by atoms with Gasteiger partial charge in [-0.3, -0.25) is 4.79 Å². The summed E-state index contributed by atoms with van der Waals surface area (Å²) >= 11 is 0. The van der Waals surface area contributed by atoms with Gasteiger partial charge in [0.25, 0.3) is 0 Å². The first-order valence-corrected chi connectivity index (χ1v) is 6.41. The fourth-order valence-electron chi connectivity index (χ4n) is 1.75. The molecule has 1 amide bonds. The van der Waals surface area contributed by atoms with E-state index in [0.717, 1.165) is 7.05 Å². The van der Waals surface area contributed by atoms with Gasteiger partial charge in [0, 0.05) is 7.05 Å². The highest BCUT2D eigenvalue weighted by atomic mass is 19.2. The van der Waals surface area contributed by atoms with Crippen LogP contribution in [0.4, 0.5) is 17.6 Å². The number of amides is 1. The molecule has 0 aliphatic heterocycles. The number of carbonyl (C=O) groups is 2. The van der Waals surface area contributed by atoms with Crippen molar-refractivity contribution >= 4 is 23.9 Å². The van der Waals surface area contributed by atoms with E-state index in [1.807, 2.05) is 0 Å². The molecule has 0 bridgehead atoms. The summed E-state index contributed by atoms with van der Waals surface area (Å²) in [5.74, 6) is -11.3. The number of hydrogen-bond acceptors (Lipinski definition) is 4. The second-order valence-corrected chi connectivity index (χ2v) is 4.46. The lowest BCUT2D eigenvalue weighted by atomic mass is 10.0. The van der Waals surface area contributed by atoms with Crippen molar-refractivity contribution in [1.29, 1.82) is 0 Å². The summed E-state index contributed by atoms with van der Waals surface area (Å²) in [5, 5.41) is 23.4. The topological polar surface area (TPSA) is 90.2 Å². The molecule has 0 saturated heterocycles. The number of benzene rings is 1. The van der Waals surface area contributed by atoms with Crippen molar-refractivity contribution in [2.75, 3.05) is 7.05 Å². The number of carbonyl (C=O) groups excluding carboxylic acids is 1. The number of nitrogens with zero attached hydrogens (tertiary/aromatic N) is 2. The zero-order chi connectivity index (χ0) is 18.6. The Hall–Kier alpha value is -2.91. The molecular weight excluding hydrogens is 336 g/mol. The van der Waals surface area contributed by atoms with Crippen molar-refractivity contribution in [2.24, 2.45) is 5.10 Å². The molecule has 6 nitrogen and oxygen atoms in total. The predicted molar refractivity (Wildman–Crippen MR) is 75.0 cm³/mol. The lowest BCUT2D eigenvalue weighted by Gasteiger charge is -2.12. The van der Waals surface area contributed by atoms with Gasteiger partial charge >= 0.3 is 5.97 Å². The fraction of sp³-hybridized carbons (Fsp3) is 0.214. The molecule has 0 radical (unpaired) electrons. The molecule has 0 heterocycles. The molecule has 24 heavy (non-hydrogen) atoms. The minimum Gasteiger partial charge on any atom is -0.506 e. The summed E-state index contributed by atoms with van der Waals surface area (Å²) in [6.45, 7) is 1.41. The lowest BCUT2D eigenvalue weighted by molar-refractivity contribution is -0.132. The van der Waals surface area contributed by atoms with Crippen molar-refractivity contribution < 1.29 is 37.4 Å². The van der Waals surface area contributed by atoms with Crippen LogP contribution >= 0.6 is 0 Å². The van der Waals surface area contributed by atoms with Crippen LogP contribution in [0.1, 0.15) is 18.9 Å². The number of aliphatic hydroxyl groups is 1. The van der Waals surface area contributed by atoms with Crippen molar-refractivity contribution in [2.45, 2.75) is 13.3 Å². The maximum atomic E-state index is 13.7. The average molecular weight is 348 g/mol. The van der Waals surface area contributed by atoms with E-state index in [0.29, 0.717) is 5.01 Å². The minimum atomic E-state index is -2.21. The lowest BCUT2D eigenvalue weighted by Crippen LogP contribution is -2.19. The Balaban J connectivity index is 3.72. The number of aliphatic hydroxyl groups excluding tert-OH is 1. The van der Waals surface area contributed by atoms with Crippen LogP contribution < -0.4 is 0 Å². The van der Waals surface area contributed by atoms with Gasteiger partial charge in [-0.25, -0.2) is 27.4 Å². The molecule has 0 aromatic heterocycles. The maximum absolute atomic E-state index is 13.7. The van der Waals surface area contributed by atoms with Crippen molar-refractivity contribution in [3.8, 4) is 0 Å². The molecule has 0 saturated carbocycles. The Labute approximate surface area is 133 Å². The zero-order valence-electron chi connectivity index (χ0n) is 12.5. The van der Waals surface area contributed by atoms with Crippen LogP contribution in [0.2, 0.25) is 0 Å². The van der Waals surface area contributed by atoms with Crippen LogP contribution in [0, 0.1) is 23.3 Å². The van der Waals surface area contributed by atoms with Gasteiger partial charge in [-0.2, -0.15) is 5.10 Å². The summed E-state index contributed by atoms with van der Waals surface area (Å²) in [7, 11) is 1.16. The summed E-state index contributed by atoms with van der Waals surface area (Å²) in [4.78, 5) is 21.9. The highest BCUT2D eigenvalue weighted by Crippen LogP contribution is 2.26. The van der Waals surface area contributed by atoms with E-state index < -0.39 is 46.1 Å². The van der Waals surface area contributed by atoms with E-state index in [9.17, 15) is 37.4 Å². The Morgan fingerprint density at radius 1 is 1.21 bits per heavy atom. The van der Waals surface area contributed by atoms with Crippen LogP contribution in [-0.2, 0) is 9.59 Å². The van der Waals surface area contributed by atoms with Crippen molar-refractivity contribution in [3.05, 3.63) is 40.5 Å². The Morgan fingerprint density at radius 2 is 1.79 bits per heavy atom. The number of carboxylic acid groups (broad SMARTS) is 1. The van der Waals surface area contributed by atoms with Gasteiger partial charge in [0.1, 0.15) is 11.3 Å². The van der Waals surface area contributed by atoms with E-state index in [1.165, 1.54) is 6.92 Å². The fourth-order valence-corrected chi connectivity index (χ4v) is 1.75. The third-order valence-electron chi connectivity index (χ3n) is 2.86. The Kier molecular flexibility index (Phi) is 6.04. The van der Waals surface area contributed by atoms with Crippen molar-refractivity contribution in [1.82, 2.24) is 5.01 Å². The Morgan fingerprint density at radius 3 is 2.25 bits per heavy atom. The minimum absolute atomic E-state index is 0.114. The molecule has 0 aliphatic rings. The summed E-state index contributed by atoms with van der Waals surface area (Å²) in [5.41, 5.74) is -2.56. The third kappa shape index (κ3) is 3.70. The Bertz CT molecular complexity index is 747. The first-order chi connectivity index (χ1) is 11.1. The second kappa shape index (κ2) is 7.57. The monoisotopic (exact) mass is 348 g/mol. The maximum Gasteiger partial charge on any atom is 0.341 e. The van der Waals surface area contributed by atoms with Gasteiger partial charge in [-0.1, -0.05) is 6.92 Å². The zero-order valence-corrected chi connectivity index (χ0v) is 12.5. The van der Waals surface area contributed by atoms with Crippen LogP contribution in [0.3, 0.4) is 0 Å². The van der Waals surface area contributed by atoms with Gasteiger partial charge in [-0.05, 0) is 12.5 Å². The van der Waals surface area contributed by atoms with E-state index in [4.69, 9.17) is 0 Å². The van der Waals surface area contributed by atoms with Crippen molar-refractivity contribution in [3.63, 3.8) is 0 Å². The number of hydrogen-bond donors (Lipinski definition) is 2. The van der Waals surface area contributed by atoms with Crippen LogP contribution in [-0.4, -0.2) is 40.4 Å². The molecular formula is C14H12F4N2O4. The molecule has 10 heteroatoms. The molecule has 1 rings (SSSR count). The average Bonchev–Trinajstić information content (AvgIpc) is 2.54. The number of hydrazone groups is 1. The number of halogens is 4. The normalized spacial score (nSPS) is 12.7. The number of rotatable bonds is 6. The highest BCUT2D eigenvalue weighted by Gasteiger charge is 2.27. The number of carboxylic acids is 1. The summed E-state index contributed by atoms with van der Waals surface area (Å²) < 4.78 is 53.2. The molecule has 2 N–H and O–H groups in total. The van der Waals surface area contributed by atoms with Gasteiger partial charge in [0.15, 0.2) is 23.3 Å². The predicted octanol–water partition coefficient (Wildman–Crippen LogP) is 2.45. The summed E-state index contributed by atoms with van der Waals surface area (Å²) in [6, 6.07) is 0.114. The standard InChI is InChI=1S/C14H12F4N2O4/c1-3-8(19-20(2)5-21)9(14(23)24)13(22)6-4-7(15)11(17)12(18)10(6)16/h4-5,22H,3H2,1-2H3,(H,23,24). The highest BCUT2D eigenvalue weighted by molar-refractivity contribution is 6.23. The third-order valence-corrected chi connectivity index (χ3v) is 2.86. The first kappa shape index (κ1) is 19.1. The quantitative estimate of drug-likeness (QED) is 0.121. The van der Waals surface area contributed by atoms with Crippen LogP contribution in [0.25, 0.3) is 5.76 Å². The second-order valence-electron chi connectivity index (χ2n) is 4.46. The molecule has 0 aliphatic carbocycles.